The fourth-order valence-corrected chi connectivity index (χ4v) is 1.52. The van der Waals surface area contributed by atoms with E-state index in [4.69, 9.17) is 33.0 Å². The van der Waals surface area contributed by atoms with Crippen molar-refractivity contribution >= 4 is 29.2 Å². The molecule has 0 aliphatic heterocycles. The van der Waals surface area contributed by atoms with Gasteiger partial charge in [0.25, 0.3) is 0 Å². The maximum atomic E-state index is 10.6. The lowest BCUT2D eigenvalue weighted by Crippen LogP contribution is -2.13. The van der Waals surface area contributed by atoms with Crippen molar-refractivity contribution in [2.75, 3.05) is 6.61 Å². The second kappa shape index (κ2) is 5.97. The van der Waals surface area contributed by atoms with E-state index in [2.05, 4.69) is 0 Å². The van der Waals surface area contributed by atoms with Crippen LogP contribution in [-0.2, 0) is 4.79 Å². The molecule has 0 fully saturated rings. The lowest BCUT2D eigenvalue weighted by atomic mass is 10.1. The van der Waals surface area contributed by atoms with Crippen LogP contribution in [0.2, 0.25) is 10.0 Å². The number of ether oxygens (including phenoxy) is 1. The molecule has 1 N–H and O–H groups in total. The monoisotopic (exact) mass is 262 g/mol. The number of carboxylic acids is 1. The zero-order valence-electron chi connectivity index (χ0n) is 8.74. The number of halogens is 2. The molecule has 16 heavy (non-hydrogen) atoms. The van der Waals surface area contributed by atoms with Crippen LogP contribution in [0.5, 0.6) is 5.75 Å². The van der Waals surface area contributed by atoms with Gasteiger partial charge in [-0.15, -0.1) is 0 Å². The zero-order chi connectivity index (χ0) is 12.1. The summed E-state index contributed by atoms with van der Waals surface area (Å²) in [5, 5.41) is 9.64. The number of hydrogen-bond donors (Lipinski definition) is 1. The van der Waals surface area contributed by atoms with Crippen LogP contribution in [0.25, 0.3) is 0 Å². The van der Waals surface area contributed by atoms with Gasteiger partial charge in [-0.25, -0.2) is 0 Å². The first-order chi connectivity index (χ1) is 7.50. The predicted octanol–water partition coefficient (Wildman–Crippen LogP) is 3.48. The van der Waals surface area contributed by atoms with Crippen molar-refractivity contribution in [3.8, 4) is 5.75 Å². The highest BCUT2D eigenvalue weighted by Crippen LogP contribution is 2.27. The highest BCUT2D eigenvalue weighted by atomic mass is 35.5. The lowest BCUT2D eigenvalue weighted by molar-refractivity contribution is -0.141. The highest BCUT2D eigenvalue weighted by molar-refractivity contribution is 6.35. The van der Waals surface area contributed by atoms with E-state index in [1.54, 1.807) is 25.1 Å². The smallest absolute Gasteiger partial charge is 0.306 e. The molecule has 0 aliphatic rings. The van der Waals surface area contributed by atoms with E-state index >= 15 is 0 Å². The fourth-order valence-electron chi connectivity index (χ4n) is 1.06. The predicted molar refractivity (Wildman–Crippen MR) is 63.4 cm³/mol. The summed E-state index contributed by atoms with van der Waals surface area (Å²) >= 11 is 11.6. The molecule has 88 valence electrons. The van der Waals surface area contributed by atoms with Crippen LogP contribution in [0.4, 0.5) is 0 Å². The van der Waals surface area contributed by atoms with Crippen molar-refractivity contribution in [2.45, 2.75) is 13.3 Å². The van der Waals surface area contributed by atoms with E-state index in [0.717, 1.165) is 0 Å². The van der Waals surface area contributed by atoms with Crippen molar-refractivity contribution in [2.24, 2.45) is 5.92 Å². The molecule has 1 rings (SSSR count). The van der Waals surface area contributed by atoms with E-state index < -0.39 is 11.9 Å². The Hall–Kier alpha value is -0.930. The first kappa shape index (κ1) is 13.1. The SMILES string of the molecule is C[C@H](CCOc1ccc(Cl)cc1Cl)C(=O)O. The Balaban J connectivity index is 2.46. The van der Waals surface area contributed by atoms with Crippen LogP contribution in [0.15, 0.2) is 18.2 Å². The maximum Gasteiger partial charge on any atom is 0.306 e. The average molecular weight is 263 g/mol. The van der Waals surface area contributed by atoms with Crippen LogP contribution >= 0.6 is 23.2 Å². The number of rotatable bonds is 5. The zero-order valence-corrected chi connectivity index (χ0v) is 10.3. The average Bonchev–Trinajstić information content (AvgIpc) is 2.20. The number of aliphatic carboxylic acids is 1. The molecule has 3 nitrogen and oxygen atoms in total. The molecular formula is C11H12Cl2O3. The van der Waals surface area contributed by atoms with Crippen LogP contribution in [-0.4, -0.2) is 17.7 Å². The normalized spacial score (nSPS) is 12.2. The molecule has 5 heteroatoms. The summed E-state index contributed by atoms with van der Waals surface area (Å²) in [6, 6.07) is 4.92. The van der Waals surface area contributed by atoms with Gasteiger partial charge in [0.2, 0.25) is 0 Å². The van der Waals surface area contributed by atoms with E-state index in [-0.39, 0.29) is 0 Å². The van der Waals surface area contributed by atoms with Gasteiger partial charge in [-0.3, -0.25) is 4.79 Å². The number of benzene rings is 1. The van der Waals surface area contributed by atoms with Crippen LogP contribution in [0, 0.1) is 5.92 Å². The van der Waals surface area contributed by atoms with Crippen LogP contribution in [0.1, 0.15) is 13.3 Å². The summed E-state index contributed by atoms with van der Waals surface area (Å²) in [5.41, 5.74) is 0. The highest BCUT2D eigenvalue weighted by Gasteiger charge is 2.11. The molecule has 0 saturated heterocycles. The van der Waals surface area contributed by atoms with Crippen molar-refractivity contribution in [3.05, 3.63) is 28.2 Å². The molecule has 0 radical (unpaired) electrons. The van der Waals surface area contributed by atoms with E-state index in [1.165, 1.54) is 0 Å². The largest absolute Gasteiger partial charge is 0.492 e. The van der Waals surface area contributed by atoms with Gasteiger partial charge >= 0.3 is 5.97 Å². The molecule has 1 aromatic rings. The topological polar surface area (TPSA) is 46.5 Å². The minimum Gasteiger partial charge on any atom is -0.492 e. The van der Waals surface area contributed by atoms with Crippen LogP contribution in [0.3, 0.4) is 0 Å². The summed E-state index contributed by atoms with van der Waals surface area (Å²) < 4.78 is 5.36. The third-order valence-corrected chi connectivity index (χ3v) is 2.65. The summed E-state index contributed by atoms with van der Waals surface area (Å²) in [5.74, 6) is -0.736. The van der Waals surface area contributed by atoms with Gasteiger partial charge in [-0.1, -0.05) is 30.1 Å². The second-order valence-corrected chi connectivity index (χ2v) is 4.29. The number of hydrogen-bond acceptors (Lipinski definition) is 2. The Morgan fingerprint density at radius 1 is 1.50 bits per heavy atom. The Morgan fingerprint density at radius 2 is 2.19 bits per heavy atom. The molecule has 0 heterocycles. The molecule has 0 saturated carbocycles. The van der Waals surface area contributed by atoms with Gasteiger partial charge < -0.3 is 9.84 Å². The molecule has 1 atom stereocenters. The fraction of sp³-hybridized carbons (Fsp3) is 0.364. The second-order valence-electron chi connectivity index (χ2n) is 3.45. The summed E-state index contributed by atoms with van der Waals surface area (Å²) in [6.07, 6.45) is 0.439. The number of carboxylic acid groups (broad SMARTS) is 1. The third-order valence-electron chi connectivity index (χ3n) is 2.12. The maximum absolute atomic E-state index is 10.6. The Labute approximate surface area is 104 Å². The molecule has 0 bridgehead atoms. The molecule has 0 amide bonds. The third kappa shape index (κ3) is 3.91. The summed E-state index contributed by atoms with van der Waals surface area (Å²) in [4.78, 5) is 10.6. The van der Waals surface area contributed by atoms with E-state index in [0.29, 0.717) is 28.8 Å². The van der Waals surface area contributed by atoms with Gasteiger partial charge in [0.1, 0.15) is 5.75 Å². The van der Waals surface area contributed by atoms with Crippen molar-refractivity contribution in [1.82, 2.24) is 0 Å². The minimum atomic E-state index is -0.828. The van der Waals surface area contributed by atoms with E-state index in [9.17, 15) is 4.79 Å². The first-order valence-electron chi connectivity index (χ1n) is 4.81. The Kier molecular flexibility index (Phi) is 4.90. The molecule has 0 unspecified atom stereocenters. The van der Waals surface area contributed by atoms with Crippen molar-refractivity contribution < 1.29 is 14.6 Å². The standard InChI is InChI=1S/C11H12Cl2O3/c1-7(11(14)15)4-5-16-10-3-2-8(12)6-9(10)13/h2-3,6-7H,4-5H2,1H3,(H,14,15)/t7-/m1/s1. The summed E-state index contributed by atoms with van der Waals surface area (Å²) in [6.45, 7) is 1.95. The first-order valence-corrected chi connectivity index (χ1v) is 5.57. The van der Waals surface area contributed by atoms with Gasteiger partial charge in [0, 0.05) is 5.02 Å². The van der Waals surface area contributed by atoms with Gasteiger partial charge in [0.05, 0.1) is 17.5 Å². The molecular weight excluding hydrogens is 251 g/mol. The Morgan fingerprint density at radius 3 is 2.75 bits per heavy atom. The minimum absolute atomic E-state index is 0.314. The molecule has 0 aliphatic carbocycles. The van der Waals surface area contributed by atoms with Crippen molar-refractivity contribution in [1.29, 1.82) is 0 Å². The lowest BCUT2D eigenvalue weighted by Gasteiger charge is -2.09. The molecule has 0 spiro atoms. The van der Waals surface area contributed by atoms with Gasteiger partial charge in [-0.05, 0) is 24.6 Å². The van der Waals surface area contributed by atoms with Gasteiger partial charge in [0.15, 0.2) is 0 Å². The summed E-state index contributed by atoms with van der Waals surface area (Å²) in [7, 11) is 0. The van der Waals surface area contributed by atoms with Gasteiger partial charge in [-0.2, -0.15) is 0 Å². The number of carbonyl (C=O) groups is 1. The molecule has 0 aromatic heterocycles. The van der Waals surface area contributed by atoms with Crippen LogP contribution < -0.4 is 4.74 Å². The molecule has 1 aromatic carbocycles. The van der Waals surface area contributed by atoms with E-state index in [1.807, 2.05) is 0 Å². The van der Waals surface area contributed by atoms with Crippen molar-refractivity contribution in [3.63, 3.8) is 0 Å². The Bertz CT molecular complexity index is 379. The quantitative estimate of drug-likeness (QED) is 0.884.